The molecule has 0 aliphatic heterocycles. The first-order chi connectivity index (χ1) is 6.13. The highest BCUT2D eigenvalue weighted by Gasteiger charge is 2.26. The molecule has 0 aliphatic rings. The number of halogens is 4. The van der Waals surface area contributed by atoms with Crippen LogP contribution in [0.4, 0.5) is 13.2 Å². The van der Waals surface area contributed by atoms with E-state index in [0.29, 0.717) is 0 Å². The van der Waals surface area contributed by atoms with E-state index in [0.717, 1.165) is 0 Å². The number of hydrogen-bond acceptors (Lipinski definition) is 2. The molecule has 0 aromatic rings. The van der Waals surface area contributed by atoms with Gasteiger partial charge >= 0.3 is 6.18 Å². The summed E-state index contributed by atoms with van der Waals surface area (Å²) < 4.78 is 35.0. The lowest BCUT2D eigenvalue weighted by Crippen LogP contribution is -2.49. The zero-order valence-electron chi connectivity index (χ0n) is 8.65. The SMILES string of the molecule is CC(C)(N)C(=O)NCCCC(F)(F)F.Cl. The number of nitrogens with one attached hydrogen (secondary N) is 1. The lowest BCUT2D eigenvalue weighted by Gasteiger charge is -2.17. The van der Waals surface area contributed by atoms with E-state index in [9.17, 15) is 18.0 Å². The van der Waals surface area contributed by atoms with Crippen LogP contribution < -0.4 is 11.1 Å². The van der Waals surface area contributed by atoms with Gasteiger partial charge in [0, 0.05) is 13.0 Å². The molecule has 0 aromatic carbocycles. The average molecular weight is 249 g/mol. The van der Waals surface area contributed by atoms with Crippen LogP contribution in [0.3, 0.4) is 0 Å². The molecule has 0 aromatic heterocycles. The number of amides is 1. The largest absolute Gasteiger partial charge is 0.389 e. The molecule has 0 radical (unpaired) electrons. The van der Waals surface area contributed by atoms with Crippen molar-refractivity contribution in [2.75, 3.05) is 6.54 Å². The van der Waals surface area contributed by atoms with Crippen LogP contribution in [-0.2, 0) is 4.79 Å². The van der Waals surface area contributed by atoms with Gasteiger partial charge in [0.25, 0.3) is 0 Å². The van der Waals surface area contributed by atoms with Crippen LogP contribution in [0, 0.1) is 0 Å². The summed E-state index contributed by atoms with van der Waals surface area (Å²) in [4.78, 5) is 11.1. The summed E-state index contributed by atoms with van der Waals surface area (Å²) in [6.45, 7) is 2.98. The van der Waals surface area contributed by atoms with Crippen LogP contribution in [0.25, 0.3) is 0 Å². The molecule has 0 unspecified atom stereocenters. The van der Waals surface area contributed by atoms with E-state index in [4.69, 9.17) is 5.73 Å². The Kier molecular flexibility index (Phi) is 6.96. The normalized spacial score (nSPS) is 11.9. The predicted molar refractivity (Wildman–Crippen MR) is 53.8 cm³/mol. The summed E-state index contributed by atoms with van der Waals surface area (Å²) in [5, 5.41) is 2.33. The van der Waals surface area contributed by atoms with E-state index in [1.54, 1.807) is 0 Å². The van der Waals surface area contributed by atoms with Crippen molar-refractivity contribution in [3.8, 4) is 0 Å². The van der Waals surface area contributed by atoms with Gasteiger partial charge in [0.05, 0.1) is 5.54 Å². The van der Waals surface area contributed by atoms with E-state index < -0.39 is 24.0 Å². The molecule has 0 saturated carbocycles. The summed E-state index contributed by atoms with van der Waals surface area (Å²) in [6.07, 6.45) is -5.17. The number of rotatable bonds is 4. The lowest BCUT2D eigenvalue weighted by molar-refractivity contribution is -0.136. The molecule has 1 amide bonds. The first-order valence-electron chi connectivity index (χ1n) is 4.27. The van der Waals surface area contributed by atoms with E-state index >= 15 is 0 Å². The number of alkyl halides is 3. The molecule has 0 bridgehead atoms. The van der Waals surface area contributed by atoms with Gasteiger partial charge in [0.15, 0.2) is 0 Å². The van der Waals surface area contributed by atoms with Gasteiger partial charge in [-0.1, -0.05) is 0 Å². The van der Waals surface area contributed by atoms with E-state index in [1.807, 2.05) is 0 Å². The third kappa shape index (κ3) is 9.81. The van der Waals surface area contributed by atoms with Crippen LogP contribution in [0.5, 0.6) is 0 Å². The maximum atomic E-state index is 11.7. The van der Waals surface area contributed by atoms with E-state index in [1.165, 1.54) is 13.8 Å². The topological polar surface area (TPSA) is 55.1 Å². The number of nitrogens with two attached hydrogens (primary N) is 1. The third-order valence-electron chi connectivity index (χ3n) is 1.51. The van der Waals surface area contributed by atoms with Crippen molar-refractivity contribution >= 4 is 18.3 Å². The van der Waals surface area contributed by atoms with Crippen LogP contribution in [0.1, 0.15) is 26.7 Å². The Morgan fingerprint density at radius 1 is 1.33 bits per heavy atom. The molecule has 3 N–H and O–H groups in total. The second-order valence-corrected chi connectivity index (χ2v) is 3.70. The van der Waals surface area contributed by atoms with Crippen LogP contribution in [0.15, 0.2) is 0 Å². The van der Waals surface area contributed by atoms with Crippen molar-refractivity contribution in [1.29, 1.82) is 0 Å². The molecule has 0 heterocycles. The van der Waals surface area contributed by atoms with Crippen molar-refractivity contribution < 1.29 is 18.0 Å². The van der Waals surface area contributed by atoms with Gasteiger partial charge in [0.1, 0.15) is 0 Å². The van der Waals surface area contributed by atoms with Crippen molar-refractivity contribution in [3.63, 3.8) is 0 Å². The molecular weight excluding hydrogens is 233 g/mol. The van der Waals surface area contributed by atoms with Crippen molar-refractivity contribution in [3.05, 3.63) is 0 Å². The van der Waals surface area contributed by atoms with Gasteiger partial charge in [-0.3, -0.25) is 4.79 Å². The van der Waals surface area contributed by atoms with Gasteiger partial charge < -0.3 is 11.1 Å². The van der Waals surface area contributed by atoms with Crippen molar-refractivity contribution in [2.45, 2.75) is 38.4 Å². The molecule has 0 atom stereocenters. The second-order valence-electron chi connectivity index (χ2n) is 3.70. The number of carbonyl (C=O) groups is 1. The fourth-order valence-corrected chi connectivity index (χ4v) is 0.719. The van der Waals surface area contributed by atoms with Gasteiger partial charge in [0.2, 0.25) is 5.91 Å². The maximum absolute atomic E-state index is 11.7. The third-order valence-corrected chi connectivity index (χ3v) is 1.51. The second kappa shape index (κ2) is 6.17. The zero-order chi connectivity index (χ0) is 11.4. The molecule has 3 nitrogen and oxygen atoms in total. The summed E-state index contributed by atoms with van der Waals surface area (Å²) in [7, 11) is 0. The molecule has 0 fully saturated rings. The van der Waals surface area contributed by atoms with E-state index in [-0.39, 0.29) is 25.4 Å². The quantitative estimate of drug-likeness (QED) is 0.743. The minimum atomic E-state index is -4.16. The average Bonchev–Trinajstić information content (AvgIpc) is 1.93. The molecule has 7 heteroatoms. The van der Waals surface area contributed by atoms with Crippen LogP contribution in [-0.4, -0.2) is 24.2 Å². The molecule has 0 saturated heterocycles. The first kappa shape index (κ1) is 16.9. The number of hydrogen-bond donors (Lipinski definition) is 2. The Bertz CT molecular complexity index is 201. The Hall–Kier alpha value is -0.490. The van der Waals surface area contributed by atoms with Gasteiger partial charge in [-0.25, -0.2) is 0 Å². The Balaban J connectivity index is 0. The molecule has 0 spiro atoms. The Morgan fingerprint density at radius 3 is 2.13 bits per heavy atom. The monoisotopic (exact) mass is 248 g/mol. The molecule has 0 rings (SSSR count). The van der Waals surface area contributed by atoms with Crippen molar-refractivity contribution in [1.82, 2.24) is 5.32 Å². The summed E-state index contributed by atoms with van der Waals surface area (Å²) >= 11 is 0. The minimum absolute atomic E-state index is 0. The van der Waals surface area contributed by atoms with Gasteiger partial charge in [-0.05, 0) is 20.3 Å². The summed E-state index contributed by atoms with van der Waals surface area (Å²) in [5.74, 6) is -0.445. The van der Waals surface area contributed by atoms with E-state index in [2.05, 4.69) is 5.32 Å². The highest BCUT2D eigenvalue weighted by atomic mass is 35.5. The fourth-order valence-electron chi connectivity index (χ4n) is 0.719. The Labute approximate surface area is 93.0 Å². The molecular formula is C8H16ClF3N2O. The smallest absolute Gasteiger partial charge is 0.355 e. The van der Waals surface area contributed by atoms with Crippen molar-refractivity contribution in [2.24, 2.45) is 5.73 Å². The molecule has 0 aliphatic carbocycles. The minimum Gasteiger partial charge on any atom is -0.355 e. The summed E-state index contributed by atoms with van der Waals surface area (Å²) in [6, 6.07) is 0. The fraction of sp³-hybridized carbons (Fsp3) is 0.875. The predicted octanol–water partition coefficient (Wildman–Crippen LogP) is 1.60. The van der Waals surface area contributed by atoms with Gasteiger partial charge in [-0.15, -0.1) is 12.4 Å². The molecule has 92 valence electrons. The standard InChI is InChI=1S/C8H15F3N2O.ClH/c1-7(2,12)6(14)13-5-3-4-8(9,10)11;/h3-5,12H2,1-2H3,(H,13,14);1H. The maximum Gasteiger partial charge on any atom is 0.389 e. The van der Waals surface area contributed by atoms with Crippen LogP contribution >= 0.6 is 12.4 Å². The zero-order valence-corrected chi connectivity index (χ0v) is 9.47. The highest BCUT2D eigenvalue weighted by molar-refractivity contribution is 5.85. The number of carbonyl (C=O) groups excluding carboxylic acids is 1. The van der Waals surface area contributed by atoms with Gasteiger partial charge in [-0.2, -0.15) is 13.2 Å². The molecule has 15 heavy (non-hydrogen) atoms. The van der Waals surface area contributed by atoms with Crippen LogP contribution in [0.2, 0.25) is 0 Å². The highest BCUT2D eigenvalue weighted by Crippen LogP contribution is 2.20. The first-order valence-corrected chi connectivity index (χ1v) is 4.27. The lowest BCUT2D eigenvalue weighted by atomic mass is 10.1. The summed E-state index contributed by atoms with van der Waals surface area (Å²) in [5.41, 5.74) is 4.37. The Morgan fingerprint density at radius 2 is 1.80 bits per heavy atom.